The van der Waals surface area contributed by atoms with Crippen molar-refractivity contribution in [1.82, 2.24) is 5.32 Å². The van der Waals surface area contributed by atoms with Gasteiger partial charge in [-0.1, -0.05) is 12.1 Å². The average molecular weight is 234 g/mol. The second-order valence-electron chi connectivity index (χ2n) is 4.76. The molecule has 1 unspecified atom stereocenters. The van der Waals surface area contributed by atoms with Crippen molar-refractivity contribution in [1.29, 1.82) is 0 Å². The van der Waals surface area contributed by atoms with Crippen molar-refractivity contribution in [2.45, 2.75) is 25.9 Å². The van der Waals surface area contributed by atoms with E-state index in [0.29, 0.717) is 6.04 Å². The molecule has 1 aliphatic heterocycles. The number of hydrogen-bond donors (Lipinski definition) is 1. The SMILES string of the molecule is COCC(C)N(C)c1cccc2c1CCNC2. The van der Waals surface area contributed by atoms with Gasteiger partial charge in [-0.15, -0.1) is 0 Å². The number of likely N-dealkylation sites (N-methyl/N-ethyl adjacent to an activating group) is 1. The molecule has 0 spiro atoms. The molecule has 94 valence electrons. The third kappa shape index (κ3) is 2.61. The van der Waals surface area contributed by atoms with Crippen LogP contribution in [0.5, 0.6) is 0 Å². The van der Waals surface area contributed by atoms with Crippen LogP contribution in [0.3, 0.4) is 0 Å². The summed E-state index contributed by atoms with van der Waals surface area (Å²) in [5.74, 6) is 0. The largest absolute Gasteiger partial charge is 0.383 e. The summed E-state index contributed by atoms with van der Waals surface area (Å²) in [6.45, 7) is 5.04. The van der Waals surface area contributed by atoms with Crippen LogP contribution in [-0.4, -0.2) is 33.4 Å². The number of benzene rings is 1. The van der Waals surface area contributed by atoms with Gasteiger partial charge in [0.2, 0.25) is 0 Å². The highest BCUT2D eigenvalue weighted by Crippen LogP contribution is 2.27. The highest BCUT2D eigenvalue weighted by atomic mass is 16.5. The van der Waals surface area contributed by atoms with E-state index in [1.165, 1.54) is 16.8 Å². The summed E-state index contributed by atoms with van der Waals surface area (Å²) in [6, 6.07) is 6.99. The summed E-state index contributed by atoms with van der Waals surface area (Å²) in [6.07, 6.45) is 1.12. The van der Waals surface area contributed by atoms with Crippen molar-refractivity contribution in [2.75, 3.05) is 32.2 Å². The first-order chi connectivity index (χ1) is 8.24. The average Bonchev–Trinajstić information content (AvgIpc) is 2.37. The van der Waals surface area contributed by atoms with Crippen LogP contribution in [0.25, 0.3) is 0 Å². The molecule has 2 rings (SSSR count). The Morgan fingerprint density at radius 1 is 1.47 bits per heavy atom. The van der Waals surface area contributed by atoms with Gasteiger partial charge in [0.25, 0.3) is 0 Å². The molecule has 3 nitrogen and oxygen atoms in total. The molecular formula is C14H22N2O. The van der Waals surface area contributed by atoms with E-state index in [4.69, 9.17) is 4.74 Å². The van der Waals surface area contributed by atoms with Crippen LogP contribution in [0, 0.1) is 0 Å². The zero-order chi connectivity index (χ0) is 12.3. The van der Waals surface area contributed by atoms with E-state index >= 15 is 0 Å². The predicted octanol–water partition coefficient (Wildman–Crippen LogP) is 1.80. The molecule has 0 amide bonds. The maximum atomic E-state index is 5.24. The van der Waals surface area contributed by atoms with Gasteiger partial charge >= 0.3 is 0 Å². The highest BCUT2D eigenvalue weighted by molar-refractivity contribution is 5.57. The maximum absolute atomic E-state index is 5.24. The second kappa shape index (κ2) is 5.52. The molecular weight excluding hydrogens is 212 g/mol. The van der Waals surface area contributed by atoms with Crippen LogP contribution in [0.4, 0.5) is 5.69 Å². The zero-order valence-corrected chi connectivity index (χ0v) is 11.0. The Bertz CT molecular complexity index is 378. The van der Waals surface area contributed by atoms with Crippen LogP contribution in [0.2, 0.25) is 0 Å². The zero-order valence-electron chi connectivity index (χ0n) is 11.0. The van der Waals surface area contributed by atoms with E-state index in [9.17, 15) is 0 Å². The first-order valence-corrected chi connectivity index (χ1v) is 6.27. The first-order valence-electron chi connectivity index (χ1n) is 6.27. The molecule has 1 N–H and O–H groups in total. The molecule has 1 atom stereocenters. The predicted molar refractivity (Wildman–Crippen MR) is 71.6 cm³/mol. The number of nitrogens with one attached hydrogen (secondary N) is 1. The lowest BCUT2D eigenvalue weighted by Gasteiger charge is -2.31. The molecule has 17 heavy (non-hydrogen) atoms. The van der Waals surface area contributed by atoms with Gasteiger partial charge in [0.05, 0.1) is 6.61 Å². The maximum Gasteiger partial charge on any atom is 0.0663 e. The normalized spacial score (nSPS) is 16.4. The first kappa shape index (κ1) is 12.4. The third-order valence-corrected chi connectivity index (χ3v) is 3.56. The van der Waals surface area contributed by atoms with Gasteiger partial charge in [-0.05, 0) is 37.1 Å². The van der Waals surface area contributed by atoms with Crippen molar-refractivity contribution in [3.05, 3.63) is 29.3 Å². The quantitative estimate of drug-likeness (QED) is 0.860. The number of fused-ring (bicyclic) bond motifs is 1. The molecule has 1 aliphatic rings. The van der Waals surface area contributed by atoms with Gasteiger partial charge < -0.3 is 15.0 Å². The van der Waals surface area contributed by atoms with Gasteiger partial charge in [0, 0.05) is 32.4 Å². The Morgan fingerprint density at radius 2 is 2.29 bits per heavy atom. The van der Waals surface area contributed by atoms with Gasteiger partial charge in [-0.3, -0.25) is 0 Å². The Morgan fingerprint density at radius 3 is 3.06 bits per heavy atom. The summed E-state index contributed by atoms with van der Waals surface area (Å²) < 4.78 is 5.24. The molecule has 1 aromatic carbocycles. The number of ether oxygens (including phenoxy) is 1. The van der Waals surface area contributed by atoms with E-state index in [-0.39, 0.29) is 0 Å². The van der Waals surface area contributed by atoms with E-state index < -0.39 is 0 Å². The van der Waals surface area contributed by atoms with Crippen molar-refractivity contribution < 1.29 is 4.74 Å². The Labute approximate surface area is 104 Å². The van der Waals surface area contributed by atoms with Gasteiger partial charge in [-0.2, -0.15) is 0 Å². The van der Waals surface area contributed by atoms with E-state index in [0.717, 1.165) is 26.1 Å². The van der Waals surface area contributed by atoms with Crippen molar-refractivity contribution >= 4 is 5.69 Å². The Hall–Kier alpha value is -1.06. The number of rotatable bonds is 4. The molecule has 1 heterocycles. The van der Waals surface area contributed by atoms with Gasteiger partial charge in [-0.25, -0.2) is 0 Å². The topological polar surface area (TPSA) is 24.5 Å². The second-order valence-corrected chi connectivity index (χ2v) is 4.76. The number of hydrogen-bond acceptors (Lipinski definition) is 3. The molecule has 0 fully saturated rings. The molecule has 3 heteroatoms. The summed E-state index contributed by atoms with van der Waals surface area (Å²) >= 11 is 0. The standard InChI is InChI=1S/C14H22N2O/c1-11(10-17-3)16(2)14-6-4-5-12-9-15-8-7-13(12)14/h4-6,11,15H,7-10H2,1-3H3. The molecule has 0 bridgehead atoms. The summed E-state index contributed by atoms with van der Waals surface area (Å²) in [4.78, 5) is 2.33. The molecule has 0 aliphatic carbocycles. The Kier molecular flexibility index (Phi) is 4.02. The lowest BCUT2D eigenvalue weighted by molar-refractivity contribution is 0.183. The van der Waals surface area contributed by atoms with Crippen molar-refractivity contribution in [3.8, 4) is 0 Å². The smallest absolute Gasteiger partial charge is 0.0663 e. The summed E-state index contributed by atoms with van der Waals surface area (Å²) in [5, 5.41) is 3.42. The fraction of sp³-hybridized carbons (Fsp3) is 0.571. The molecule has 0 saturated heterocycles. The number of nitrogens with zero attached hydrogens (tertiary/aromatic N) is 1. The summed E-state index contributed by atoms with van der Waals surface area (Å²) in [7, 11) is 3.91. The number of anilines is 1. The minimum Gasteiger partial charge on any atom is -0.383 e. The summed E-state index contributed by atoms with van der Waals surface area (Å²) in [5.41, 5.74) is 4.29. The molecule has 0 aromatic heterocycles. The van der Waals surface area contributed by atoms with Crippen LogP contribution < -0.4 is 10.2 Å². The van der Waals surface area contributed by atoms with Gasteiger partial charge in [0.15, 0.2) is 0 Å². The Balaban J connectivity index is 2.25. The minimum atomic E-state index is 0.404. The van der Waals surface area contributed by atoms with E-state index in [1.54, 1.807) is 7.11 Å². The molecule has 1 aromatic rings. The third-order valence-electron chi connectivity index (χ3n) is 3.56. The van der Waals surface area contributed by atoms with E-state index in [1.807, 2.05) is 0 Å². The minimum absolute atomic E-state index is 0.404. The van der Waals surface area contributed by atoms with Crippen LogP contribution in [0.1, 0.15) is 18.1 Å². The van der Waals surface area contributed by atoms with Crippen LogP contribution in [0.15, 0.2) is 18.2 Å². The molecule has 0 radical (unpaired) electrons. The number of methoxy groups -OCH3 is 1. The van der Waals surface area contributed by atoms with Crippen LogP contribution >= 0.6 is 0 Å². The van der Waals surface area contributed by atoms with E-state index in [2.05, 4.69) is 42.4 Å². The monoisotopic (exact) mass is 234 g/mol. The van der Waals surface area contributed by atoms with Crippen molar-refractivity contribution in [3.63, 3.8) is 0 Å². The van der Waals surface area contributed by atoms with Crippen LogP contribution in [-0.2, 0) is 17.7 Å². The molecule has 0 saturated carbocycles. The fourth-order valence-electron chi connectivity index (χ4n) is 2.43. The highest BCUT2D eigenvalue weighted by Gasteiger charge is 2.17. The van der Waals surface area contributed by atoms with Crippen molar-refractivity contribution in [2.24, 2.45) is 0 Å². The lowest BCUT2D eigenvalue weighted by Crippen LogP contribution is -2.34. The lowest BCUT2D eigenvalue weighted by atomic mass is 9.98. The fourth-order valence-corrected chi connectivity index (χ4v) is 2.43. The van der Waals surface area contributed by atoms with Gasteiger partial charge in [0.1, 0.15) is 0 Å².